The topological polar surface area (TPSA) is 92.3 Å². The van der Waals surface area contributed by atoms with Crippen LogP contribution in [0.25, 0.3) is 22.2 Å². The molecule has 0 saturated heterocycles. The molecule has 2 aromatic heterocycles. The highest BCUT2D eigenvalue weighted by Crippen LogP contribution is 2.22. The average molecular weight is 420 g/mol. The summed E-state index contributed by atoms with van der Waals surface area (Å²) in [6, 6.07) is 16.8. The zero-order valence-electron chi connectivity index (χ0n) is 16.3. The first kappa shape index (κ1) is 19.6. The van der Waals surface area contributed by atoms with E-state index in [4.69, 9.17) is 16.3 Å². The van der Waals surface area contributed by atoms with Crippen LogP contribution in [0.1, 0.15) is 21.6 Å². The van der Waals surface area contributed by atoms with Crippen LogP contribution in [0.2, 0.25) is 5.15 Å². The first-order valence-corrected chi connectivity index (χ1v) is 9.52. The molecule has 8 heteroatoms. The van der Waals surface area contributed by atoms with Crippen molar-refractivity contribution in [2.24, 2.45) is 5.10 Å². The van der Waals surface area contributed by atoms with E-state index in [2.05, 4.69) is 25.7 Å². The smallest absolute Gasteiger partial charge is 0.289 e. The van der Waals surface area contributed by atoms with Gasteiger partial charge in [-0.25, -0.2) is 10.4 Å². The van der Waals surface area contributed by atoms with Crippen LogP contribution in [-0.4, -0.2) is 34.4 Å². The molecule has 0 spiro atoms. The van der Waals surface area contributed by atoms with Crippen LogP contribution >= 0.6 is 11.6 Å². The Morgan fingerprint density at radius 1 is 1.20 bits per heavy atom. The van der Waals surface area contributed by atoms with E-state index in [1.165, 1.54) is 6.21 Å². The summed E-state index contributed by atoms with van der Waals surface area (Å²) in [6.45, 7) is 1.98. The highest BCUT2D eigenvalue weighted by Gasteiger charge is 2.11. The Bertz CT molecular complexity index is 1250. The van der Waals surface area contributed by atoms with E-state index >= 15 is 0 Å². The van der Waals surface area contributed by atoms with Gasteiger partial charge in [0.1, 0.15) is 16.6 Å². The number of pyridine rings is 1. The highest BCUT2D eigenvalue weighted by molar-refractivity contribution is 6.32. The number of nitrogens with one attached hydrogen (secondary N) is 2. The quantitative estimate of drug-likeness (QED) is 0.285. The third-order valence-corrected chi connectivity index (χ3v) is 4.91. The first-order chi connectivity index (χ1) is 14.5. The van der Waals surface area contributed by atoms with Crippen molar-refractivity contribution in [2.75, 3.05) is 7.11 Å². The van der Waals surface area contributed by atoms with Gasteiger partial charge in [-0.3, -0.25) is 9.89 Å². The van der Waals surface area contributed by atoms with E-state index in [0.717, 1.165) is 27.8 Å². The molecular weight excluding hydrogens is 402 g/mol. The average Bonchev–Trinajstić information content (AvgIpc) is 3.25. The van der Waals surface area contributed by atoms with Crippen molar-refractivity contribution < 1.29 is 9.53 Å². The van der Waals surface area contributed by atoms with Crippen molar-refractivity contribution in [1.82, 2.24) is 20.6 Å². The fourth-order valence-electron chi connectivity index (χ4n) is 3.00. The summed E-state index contributed by atoms with van der Waals surface area (Å²) >= 11 is 6.26. The molecule has 1 amide bonds. The lowest BCUT2D eigenvalue weighted by Gasteiger charge is -2.04. The molecule has 0 atom stereocenters. The number of aromatic amines is 1. The van der Waals surface area contributed by atoms with Crippen LogP contribution in [-0.2, 0) is 0 Å². The zero-order chi connectivity index (χ0) is 21.1. The maximum absolute atomic E-state index is 12.4. The summed E-state index contributed by atoms with van der Waals surface area (Å²) in [5.41, 5.74) is 6.75. The number of carbonyl (C=O) groups excluding carboxylic acids is 1. The molecule has 0 unspecified atom stereocenters. The number of rotatable bonds is 5. The second kappa shape index (κ2) is 8.34. The molecule has 150 valence electrons. The molecule has 4 rings (SSSR count). The standard InChI is InChI=1S/C22H18ClN5O2/c1-13-4-3-5-15-10-16(21(23)25-20(13)15)12-24-28-22(29)19-11-18(26-27-19)14-6-8-17(30-2)9-7-14/h3-12H,1-2H3,(H,26,27)(H,28,29)/b24-12+. The number of para-hydroxylation sites is 1. The number of carbonyl (C=O) groups is 1. The van der Waals surface area contributed by atoms with Gasteiger partial charge in [0.05, 0.1) is 24.5 Å². The van der Waals surface area contributed by atoms with Crippen LogP contribution in [0.15, 0.2) is 59.7 Å². The van der Waals surface area contributed by atoms with Crippen molar-refractivity contribution in [3.63, 3.8) is 0 Å². The number of H-pyrrole nitrogens is 1. The summed E-state index contributed by atoms with van der Waals surface area (Å²) in [5, 5.41) is 12.2. The molecule has 2 heterocycles. The molecule has 0 saturated carbocycles. The van der Waals surface area contributed by atoms with E-state index in [1.807, 2.05) is 55.5 Å². The molecule has 0 fully saturated rings. The van der Waals surface area contributed by atoms with Gasteiger partial charge < -0.3 is 4.74 Å². The highest BCUT2D eigenvalue weighted by atomic mass is 35.5. The molecule has 2 N–H and O–H groups in total. The monoisotopic (exact) mass is 419 g/mol. The van der Waals surface area contributed by atoms with Gasteiger partial charge in [-0.15, -0.1) is 0 Å². The lowest BCUT2D eigenvalue weighted by atomic mass is 10.1. The summed E-state index contributed by atoms with van der Waals surface area (Å²) in [5.74, 6) is 0.331. The molecule has 2 aromatic carbocycles. The lowest BCUT2D eigenvalue weighted by Crippen LogP contribution is -2.18. The molecule has 0 aliphatic rings. The Morgan fingerprint density at radius 3 is 2.77 bits per heavy atom. The Morgan fingerprint density at radius 2 is 2.00 bits per heavy atom. The Labute approximate surface area is 177 Å². The molecule has 4 aromatic rings. The van der Waals surface area contributed by atoms with Gasteiger partial charge in [0.15, 0.2) is 0 Å². The first-order valence-electron chi connectivity index (χ1n) is 9.14. The minimum atomic E-state index is -0.417. The van der Waals surface area contributed by atoms with E-state index in [0.29, 0.717) is 16.4 Å². The number of aryl methyl sites for hydroxylation is 1. The summed E-state index contributed by atoms with van der Waals surface area (Å²) in [4.78, 5) is 16.8. The Kier molecular flexibility index (Phi) is 5.45. The number of benzene rings is 2. The van der Waals surface area contributed by atoms with E-state index < -0.39 is 5.91 Å². The number of ether oxygens (including phenoxy) is 1. The number of aromatic nitrogens is 3. The van der Waals surface area contributed by atoms with Gasteiger partial charge in [0.25, 0.3) is 5.91 Å². The van der Waals surface area contributed by atoms with Crippen molar-refractivity contribution >= 4 is 34.6 Å². The molecule has 0 aliphatic carbocycles. The number of hydrazone groups is 1. The minimum absolute atomic E-state index is 0.288. The third-order valence-electron chi connectivity index (χ3n) is 4.61. The maximum atomic E-state index is 12.4. The van der Waals surface area contributed by atoms with E-state index in [-0.39, 0.29) is 5.69 Å². The zero-order valence-corrected chi connectivity index (χ0v) is 17.1. The molecule has 0 radical (unpaired) electrons. The normalized spacial score (nSPS) is 11.2. The Hall–Kier alpha value is -3.71. The second-order valence-electron chi connectivity index (χ2n) is 6.61. The van der Waals surface area contributed by atoms with Crippen LogP contribution in [0.3, 0.4) is 0 Å². The van der Waals surface area contributed by atoms with Crippen LogP contribution < -0.4 is 10.2 Å². The van der Waals surface area contributed by atoms with Gasteiger partial charge in [0, 0.05) is 16.5 Å². The molecule has 0 bridgehead atoms. The number of nitrogens with zero attached hydrogens (tertiary/aromatic N) is 3. The summed E-state index contributed by atoms with van der Waals surface area (Å²) in [6.07, 6.45) is 1.47. The van der Waals surface area contributed by atoms with Crippen molar-refractivity contribution in [3.05, 3.63) is 76.6 Å². The van der Waals surface area contributed by atoms with Crippen molar-refractivity contribution in [1.29, 1.82) is 0 Å². The number of fused-ring (bicyclic) bond motifs is 1. The van der Waals surface area contributed by atoms with Gasteiger partial charge >= 0.3 is 0 Å². The minimum Gasteiger partial charge on any atom is -0.497 e. The van der Waals surface area contributed by atoms with E-state index in [9.17, 15) is 4.79 Å². The SMILES string of the molecule is COc1ccc(-c2cc(C(=O)N/N=C/c3cc4cccc(C)c4nc3Cl)[nH]n2)cc1. The Balaban J connectivity index is 1.47. The number of hydrogen-bond donors (Lipinski definition) is 2. The summed E-state index contributed by atoms with van der Waals surface area (Å²) < 4.78 is 5.15. The largest absolute Gasteiger partial charge is 0.497 e. The third kappa shape index (κ3) is 4.01. The molecule has 0 aliphatic heterocycles. The fourth-order valence-corrected chi connectivity index (χ4v) is 3.19. The van der Waals surface area contributed by atoms with Gasteiger partial charge in [-0.1, -0.05) is 29.8 Å². The van der Waals surface area contributed by atoms with Gasteiger partial charge in [-0.2, -0.15) is 10.2 Å². The van der Waals surface area contributed by atoms with Crippen molar-refractivity contribution in [2.45, 2.75) is 6.92 Å². The second-order valence-corrected chi connectivity index (χ2v) is 6.97. The number of amides is 1. The van der Waals surface area contributed by atoms with Crippen LogP contribution in [0.5, 0.6) is 5.75 Å². The molecular formula is C22H18ClN5O2. The lowest BCUT2D eigenvalue weighted by molar-refractivity contribution is 0.0950. The maximum Gasteiger partial charge on any atom is 0.289 e. The fraction of sp³-hybridized carbons (Fsp3) is 0.0909. The van der Waals surface area contributed by atoms with Gasteiger partial charge in [-0.05, 0) is 48.9 Å². The van der Waals surface area contributed by atoms with Crippen molar-refractivity contribution in [3.8, 4) is 17.0 Å². The predicted octanol–water partition coefficient (Wildman–Crippen LogP) is 4.36. The predicted molar refractivity (Wildman–Crippen MR) is 117 cm³/mol. The number of hydrogen-bond acceptors (Lipinski definition) is 5. The number of methoxy groups -OCH3 is 1. The van der Waals surface area contributed by atoms with E-state index in [1.54, 1.807) is 13.2 Å². The van der Waals surface area contributed by atoms with Crippen LogP contribution in [0, 0.1) is 6.92 Å². The molecule has 7 nitrogen and oxygen atoms in total. The van der Waals surface area contributed by atoms with Crippen LogP contribution in [0.4, 0.5) is 0 Å². The molecule has 30 heavy (non-hydrogen) atoms. The summed E-state index contributed by atoms with van der Waals surface area (Å²) in [7, 11) is 1.61. The van der Waals surface area contributed by atoms with Gasteiger partial charge in [0.2, 0.25) is 0 Å². The number of halogens is 1.